The largest absolute Gasteiger partial charge is 0.390 e. The molecular weight excluding hydrogens is 262 g/mol. The van der Waals surface area contributed by atoms with Crippen LogP contribution in [0, 0.1) is 0 Å². The van der Waals surface area contributed by atoms with Gasteiger partial charge in [0.1, 0.15) is 15.9 Å². The van der Waals surface area contributed by atoms with Crippen molar-refractivity contribution in [3.63, 3.8) is 0 Å². The molecule has 0 bridgehead atoms. The van der Waals surface area contributed by atoms with E-state index in [4.69, 9.17) is 5.11 Å². The third kappa shape index (κ3) is 1.64. The van der Waals surface area contributed by atoms with Crippen molar-refractivity contribution < 1.29 is 13.5 Å². The van der Waals surface area contributed by atoms with Crippen LogP contribution in [0.1, 0.15) is 0 Å². The molecule has 2 aromatic rings. The van der Waals surface area contributed by atoms with Gasteiger partial charge in [0.25, 0.3) is 0 Å². The summed E-state index contributed by atoms with van der Waals surface area (Å²) >= 11 is 0.989. The van der Waals surface area contributed by atoms with Crippen LogP contribution in [-0.2, 0) is 10.0 Å². The molecule has 3 rings (SSSR count). The number of nitrogens with zero attached hydrogens (tertiary/aromatic N) is 3. The van der Waals surface area contributed by atoms with Crippen molar-refractivity contribution in [1.29, 1.82) is 0 Å². The SMILES string of the molecule is O=S(=O)(c1cccc2nsnc12)N1CC(O)C1. The lowest BCUT2D eigenvalue weighted by molar-refractivity contribution is 0.0548. The summed E-state index contributed by atoms with van der Waals surface area (Å²) in [6, 6.07) is 4.89. The molecule has 1 N–H and O–H groups in total. The lowest BCUT2D eigenvalue weighted by atomic mass is 10.2. The molecule has 0 radical (unpaired) electrons. The summed E-state index contributed by atoms with van der Waals surface area (Å²) in [6.45, 7) is 0.298. The number of benzene rings is 1. The van der Waals surface area contributed by atoms with Gasteiger partial charge in [0.2, 0.25) is 10.0 Å². The summed E-state index contributed by atoms with van der Waals surface area (Å²) < 4.78 is 33.7. The van der Waals surface area contributed by atoms with Gasteiger partial charge in [-0.1, -0.05) is 6.07 Å². The Hall–Kier alpha value is -1.09. The van der Waals surface area contributed by atoms with Crippen LogP contribution in [0.15, 0.2) is 23.1 Å². The molecule has 90 valence electrons. The van der Waals surface area contributed by atoms with Crippen LogP contribution in [0.5, 0.6) is 0 Å². The highest BCUT2D eigenvalue weighted by Gasteiger charge is 2.36. The van der Waals surface area contributed by atoms with Crippen molar-refractivity contribution in [3.05, 3.63) is 18.2 Å². The van der Waals surface area contributed by atoms with E-state index in [1.54, 1.807) is 12.1 Å². The second-order valence-corrected chi connectivity index (χ2v) is 6.30. The average Bonchev–Trinajstić information content (AvgIpc) is 2.72. The van der Waals surface area contributed by atoms with Crippen LogP contribution in [-0.4, -0.2) is 45.8 Å². The number of hydrogen-bond acceptors (Lipinski definition) is 6. The van der Waals surface area contributed by atoms with E-state index < -0.39 is 16.1 Å². The molecule has 1 aromatic heterocycles. The van der Waals surface area contributed by atoms with E-state index in [9.17, 15) is 8.42 Å². The van der Waals surface area contributed by atoms with Crippen molar-refractivity contribution in [2.45, 2.75) is 11.0 Å². The Balaban J connectivity index is 2.12. The van der Waals surface area contributed by atoms with E-state index in [0.717, 1.165) is 11.7 Å². The van der Waals surface area contributed by atoms with Crippen LogP contribution in [0.3, 0.4) is 0 Å². The van der Waals surface area contributed by atoms with Gasteiger partial charge in [-0.3, -0.25) is 0 Å². The monoisotopic (exact) mass is 271 g/mol. The molecule has 6 nitrogen and oxygen atoms in total. The van der Waals surface area contributed by atoms with E-state index >= 15 is 0 Å². The molecule has 17 heavy (non-hydrogen) atoms. The van der Waals surface area contributed by atoms with Crippen LogP contribution in [0.4, 0.5) is 0 Å². The molecule has 1 aromatic carbocycles. The summed E-state index contributed by atoms with van der Waals surface area (Å²) in [5.74, 6) is 0. The normalized spacial score (nSPS) is 18.4. The Morgan fingerprint density at radius 2 is 2.12 bits per heavy atom. The Bertz CT molecular complexity index is 661. The van der Waals surface area contributed by atoms with Gasteiger partial charge in [0, 0.05) is 13.1 Å². The third-order valence-electron chi connectivity index (χ3n) is 2.70. The van der Waals surface area contributed by atoms with Crippen LogP contribution >= 0.6 is 11.7 Å². The summed E-state index contributed by atoms with van der Waals surface area (Å²) in [5, 5.41) is 9.17. The second kappa shape index (κ2) is 3.70. The molecule has 1 aliphatic rings. The number of hydrogen-bond donors (Lipinski definition) is 1. The van der Waals surface area contributed by atoms with Gasteiger partial charge in [0.15, 0.2) is 0 Å². The summed E-state index contributed by atoms with van der Waals surface area (Å²) in [6.07, 6.45) is -0.558. The van der Waals surface area contributed by atoms with Gasteiger partial charge in [0.05, 0.1) is 17.8 Å². The molecule has 0 aliphatic carbocycles. The van der Waals surface area contributed by atoms with Gasteiger partial charge in [-0.05, 0) is 12.1 Å². The third-order valence-corrected chi connectivity index (χ3v) is 5.10. The van der Waals surface area contributed by atoms with Crippen molar-refractivity contribution in [2.75, 3.05) is 13.1 Å². The Morgan fingerprint density at radius 3 is 2.82 bits per heavy atom. The number of aliphatic hydroxyl groups is 1. The topological polar surface area (TPSA) is 83.4 Å². The fourth-order valence-corrected chi connectivity index (χ4v) is 4.01. The average molecular weight is 271 g/mol. The highest BCUT2D eigenvalue weighted by atomic mass is 32.2. The fourth-order valence-electron chi connectivity index (χ4n) is 1.74. The number of rotatable bonds is 2. The molecule has 1 saturated heterocycles. The van der Waals surface area contributed by atoms with Crippen LogP contribution in [0.25, 0.3) is 11.0 Å². The highest BCUT2D eigenvalue weighted by molar-refractivity contribution is 7.89. The van der Waals surface area contributed by atoms with Crippen molar-refractivity contribution in [1.82, 2.24) is 13.1 Å². The van der Waals surface area contributed by atoms with Crippen molar-refractivity contribution in [3.8, 4) is 0 Å². The molecule has 0 atom stereocenters. The first-order chi connectivity index (χ1) is 8.09. The van der Waals surface area contributed by atoms with Crippen molar-refractivity contribution in [2.24, 2.45) is 0 Å². The minimum absolute atomic E-state index is 0.149. The van der Waals surface area contributed by atoms with Crippen molar-refractivity contribution >= 4 is 32.8 Å². The molecule has 0 unspecified atom stereocenters. The van der Waals surface area contributed by atoms with Gasteiger partial charge in [-0.15, -0.1) is 0 Å². The zero-order valence-electron chi connectivity index (χ0n) is 8.65. The van der Waals surface area contributed by atoms with Gasteiger partial charge in [-0.2, -0.15) is 13.1 Å². The quantitative estimate of drug-likeness (QED) is 0.835. The first-order valence-corrected chi connectivity index (χ1v) is 7.15. The Morgan fingerprint density at radius 1 is 1.35 bits per heavy atom. The standard InChI is InChI=1S/C9H9N3O3S2/c13-6-4-12(5-6)17(14,15)8-3-1-2-7-9(8)11-16-10-7/h1-3,6,13H,4-5H2. The molecule has 0 amide bonds. The summed E-state index contributed by atoms with van der Waals surface area (Å²) in [5.41, 5.74) is 0.982. The van der Waals surface area contributed by atoms with Crippen LogP contribution < -0.4 is 0 Å². The lowest BCUT2D eigenvalue weighted by Crippen LogP contribution is -2.53. The van der Waals surface area contributed by atoms with E-state index in [2.05, 4.69) is 8.75 Å². The predicted molar refractivity (Wildman–Crippen MR) is 62.2 cm³/mol. The minimum atomic E-state index is -3.55. The Labute approximate surface area is 102 Å². The number of aliphatic hydroxyl groups excluding tert-OH is 1. The molecular formula is C9H9N3O3S2. The number of sulfonamides is 1. The van der Waals surface area contributed by atoms with E-state index in [0.29, 0.717) is 11.0 Å². The van der Waals surface area contributed by atoms with E-state index in [1.807, 2.05) is 0 Å². The Kier molecular flexibility index (Phi) is 2.40. The van der Waals surface area contributed by atoms with Gasteiger partial charge >= 0.3 is 0 Å². The van der Waals surface area contributed by atoms with Gasteiger partial charge in [-0.25, -0.2) is 8.42 Å². The maximum Gasteiger partial charge on any atom is 0.245 e. The molecule has 1 fully saturated rings. The maximum absolute atomic E-state index is 12.2. The lowest BCUT2D eigenvalue weighted by Gasteiger charge is -2.34. The van der Waals surface area contributed by atoms with Crippen LogP contribution in [0.2, 0.25) is 0 Å². The molecule has 2 heterocycles. The van der Waals surface area contributed by atoms with E-state index in [-0.39, 0.29) is 18.0 Å². The number of fused-ring (bicyclic) bond motifs is 1. The summed E-state index contributed by atoms with van der Waals surface area (Å²) in [4.78, 5) is 0.163. The van der Waals surface area contributed by atoms with Gasteiger partial charge < -0.3 is 5.11 Å². The highest BCUT2D eigenvalue weighted by Crippen LogP contribution is 2.26. The second-order valence-electron chi connectivity index (χ2n) is 3.86. The molecule has 8 heteroatoms. The molecule has 1 aliphatic heterocycles. The minimum Gasteiger partial charge on any atom is -0.390 e. The molecule has 0 spiro atoms. The number of β-amino-alcohol motifs (C(OH)–C–C–N with tert-alkyl or cyclic N) is 1. The molecule has 0 saturated carbocycles. The maximum atomic E-state index is 12.2. The van der Waals surface area contributed by atoms with E-state index in [1.165, 1.54) is 10.4 Å². The first-order valence-electron chi connectivity index (χ1n) is 4.98. The predicted octanol–water partition coefficient (Wildman–Crippen LogP) is 0.0565. The smallest absolute Gasteiger partial charge is 0.245 e. The number of aromatic nitrogens is 2. The fraction of sp³-hybridized carbons (Fsp3) is 0.333. The zero-order chi connectivity index (χ0) is 12.0. The summed E-state index contributed by atoms with van der Waals surface area (Å²) in [7, 11) is -3.55. The first kappa shape index (κ1) is 11.0. The zero-order valence-corrected chi connectivity index (χ0v) is 10.3.